The summed E-state index contributed by atoms with van der Waals surface area (Å²) in [6, 6.07) is 0. The van der Waals surface area contributed by atoms with Crippen LogP contribution in [0.4, 0.5) is 5.82 Å². The second kappa shape index (κ2) is 14.1. The Morgan fingerprint density at radius 2 is 1.74 bits per heavy atom. The fraction of sp³-hybridized carbons (Fsp3) is 0.524. The fourth-order valence-electron chi connectivity index (χ4n) is 4.97. The number of nitrogens with zero attached hydrogens (tertiary/aromatic N) is 5. The molecule has 2 aromatic heterocycles. The number of fused-ring (bicyclic) bond motifs is 1. The van der Waals surface area contributed by atoms with Crippen molar-refractivity contribution in [2.75, 3.05) is 18.9 Å². The number of thiol groups is 2. The van der Waals surface area contributed by atoms with E-state index < -0.39 is 89.3 Å². The van der Waals surface area contributed by atoms with Crippen LogP contribution in [0.2, 0.25) is 0 Å². The summed E-state index contributed by atoms with van der Waals surface area (Å²) < 4.78 is 67.8. The van der Waals surface area contributed by atoms with Crippen LogP contribution in [0.5, 0.6) is 0 Å². The van der Waals surface area contributed by atoms with Gasteiger partial charge in [0, 0.05) is 18.0 Å². The Balaban J connectivity index is 1.26. The first-order valence-electron chi connectivity index (χ1n) is 13.7. The Morgan fingerprint density at radius 3 is 2.40 bits per heavy atom. The van der Waals surface area contributed by atoms with Crippen molar-refractivity contribution in [3.63, 3.8) is 0 Å². The van der Waals surface area contributed by atoms with Crippen LogP contribution in [0, 0.1) is 0 Å². The highest BCUT2D eigenvalue weighted by Crippen LogP contribution is 2.62. The van der Waals surface area contributed by atoms with Crippen LogP contribution in [-0.4, -0.2) is 119 Å². The van der Waals surface area contributed by atoms with Crippen molar-refractivity contribution >= 4 is 71.6 Å². The van der Waals surface area contributed by atoms with E-state index >= 15 is 0 Å². The Morgan fingerprint density at radius 1 is 1.06 bits per heavy atom. The molecule has 10 atom stereocenters. The molecular weight excluding hydrogens is 779 g/mol. The van der Waals surface area contributed by atoms with Crippen LogP contribution in [0.1, 0.15) is 12.6 Å². The molecule has 5 rings (SSSR count). The maximum atomic E-state index is 12.8. The summed E-state index contributed by atoms with van der Waals surface area (Å²) in [5, 5.41) is 32.1. The lowest BCUT2D eigenvalue weighted by atomic mass is 10.1. The molecule has 0 aromatic carbocycles. The number of imidazole rings is 1. The van der Waals surface area contributed by atoms with E-state index in [0.717, 1.165) is 17.2 Å². The average Bonchev–Trinajstić information content (AvgIpc) is 3.62. The number of nitrogens with two attached hydrogens (primary N) is 2. The number of nitrogen functional groups attached to an aromatic ring is 1. The standard InChI is InChI=1S/C21H30N7O17P3S2/c22-15-11-17(25-7-24-15)28(8-26-11)19-14(44-46(33,34)35)21(32,50)20(49,43-19)6-41-48(38,39)45-47(36,37)40-5-10-12(29)13(30)18(42-10)27-3-1-2-9(4-27)16(23)31/h1,3-4,7-8,10,12-14,18-19,29-30,32,49-50H,2,5-6H2,(H2,23,31)(H,36,37)(H,38,39)(H2,22,24,25)(H2,33,34,35)/t10-,12-,13-,14-,18-,19-,20-,21-/m1/s1. The number of primary amides is 1. The molecule has 2 unspecified atom stereocenters. The number of phosphoric ester groups is 3. The third-order valence-corrected chi connectivity index (χ3v) is 11.8. The van der Waals surface area contributed by atoms with Crippen molar-refractivity contribution in [1.29, 1.82) is 0 Å². The molecule has 0 saturated carbocycles. The number of rotatable bonds is 13. The maximum absolute atomic E-state index is 12.8. The largest absolute Gasteiger partial charge is 0.481 e. The number of aliphatic hydroxyl groups is 3. The molecule has 0 radical (unpaired) electrons. The minimum atomic E-state index is -5.68. The van der Waals surface area contributed by atoms with Crippen molar-refractivity contribution in [2.24, 2.45) is 5.73 Å². The molecule has 50 heavy (non-hydrogen) atoms. The van der Waals surface area contributed by atoms with Gasteiger partial charge in [0.05, 0.1) is 12.9 Å². The minimum Gasteiger partial charge on any atom is -0.387 e. The number of phosphoric acid groups is 3. The highest BCUT2D eigenvalue weighted by atomic mass is 32.1. The zero-order chi connectivity index (χ0) is 37.0. The predicted octanol–water partition coefficient (Wildman–Crippen LogP) is -2.05. The van der Waals surface area contributed by atoms with E-state index in [9.17, 15) is 53.4 Å². The number of aliphatic hydroxyl groups excluding tert-OH is 2. The van der Waals surface area contributed by atoms with E-state index in [1.54, 1.807) is 0 Å². The summed E-state index contributed by atoms with van der Waals surface area (Å²) in [6.45, 7) is -2.33. The van der Waals surface area contributed by atoms with E-state index in [-0.39, 0.29) is 29.0 Å². The fourth-order valence-corrected chi connectivity index (χ4v) is 8.40. The van der Waals surface area contributed by atoms with Gasteiger partial charge in [0.2, 0.25) is 5.91 Å². The SMILES string of the molecule is NC(=O)C1=CN([C@@H]2O[C@H](COP(=O)(O)OP(=O)(O)OC[C@]3(S)O[C@@H](n4cnc5c(N)ncnc54)[C@@H](OP(=O)(O)O)[C@@]3(O)S)[C@@H](O)[C@H]2O)C=CC1. The number of ether oxygens (including phenoxy) is 2. The van der Waals surface area contributed by atoms with Crippen molar-refractivity contribution in [3.8, 4) is 0 Å². The molecular formula is C21H30N7O17P3S2. The van der Waals surface area contributed by atoms with E-state index in [0.29, 0.717) is 0 Å². The van der Waals surface area contributed by atoms with Gasteiger partial charge in [0.15, 0.2) is 39.9 Å². The lowest BCUT2D eigenvalue weighted by molar-refractivity contribution is -0.115. The summed E-state index contributed by atoms with van der Waals surface area (Å²) >= 11 is 8.13. The number of aromatic nitrogens is 4. The van der Waals surface area contributed by atoms with Gasteiger partial charge in [-0.15, -0.1) is 25.3 Å². The molecule has 11 N–H and O–H groups in total. The quantitative estimate of drug-likeness (QED) is 0.0589. The van der Waals surface area contributed by atoms with Gasteiger partial charge in [-0.05, 0) is 6.42 Å². The highest BCUT2D eigenvalue weighted by Gasteiger charge is 2.66. The van der Waals surface area contributed by atoms with Crippen molar-refractivity contribution in [2.45, 2.75) is 53.2 Å². The molecule has 2 aromatic rings. The number of carbonyl (C=O) groups excluding carboxylic acids is 1. The second-order valence-electron chi connectivity index (χ2n) is 10.8. The van der Waals surface area contributed by atoms with E-state index in [4.69, 9.17) is 30.0 Å². The van der Waals surface area contributed by atoms with Crippen molar-refractivity contribution in [1.82, 2.24) is 24.4 Å². The van der Waals surface area contributed by atoms with Crippen LogP contribution < -0.4 is 11.5 Å². The molecule has 2 saturated heterocycles. The van der Waals surface area contributed by atoms with Gasteiger partial charge < -0.3 is 60.7 Å². The molecule has 0 spiro atoms. The van der Waals surface area contributed by atoms with Crippen LogP contribution in [0.15, 0.2) is 36.7 Å². The number of anilines is 1. The van der Waals surface area contributed by atoms with Crippen LogP contribution >= 0.6 is 48.7 Å². The third kappa shape index (κ3) is 8.12. The molecule has 3 aliphatic rings. The second-order valence-corrected chi connectivity index (χ2v) is 16.4. The first-order chi connectivity index (χ1) is 23.0. The zero-order valence-electron chi connectivity index (χ0n) is 24.8. The Hall–Kier alpha value is -2.03. The smallest absolute Gasteiger partial charge is 0.387 e. The van der Waals surface area contributed by atoms with Gasteiger partial charge in [-0.1, -0.05) is 6.08 Å². The lowest BCUT2D eigenvalue weighted by Crippen LogP contribution is -2.51. The van der Waals surface area contributed by atoms with Gasteiger partial charge in [0.1, 0.15) is 36.8 Å². The minimum absolute atomic E-state index is 0.00606. The van der Waals surface area contributed by atoms with Crippen molar-refractivity contribution in [3.05, 3.63) is 36.7 Å². The Labute approximate surface area is 290 Å². The van der Waals surface area contributed by atoms with Gasteiger partial charge in [-0.3, -0.25) is 22.9 Å². The summed E-state index contributed by atoms with van der Waals surface area (Å²) in [7, 11) is -16.7. The van der Waals surface area contributed by atoms with Crippen LogP contribution in [0.25, 0.3) is 11.2 Å². The summed E-state index contributed by atoms with van der Waals surface area (Å²) in [5.41, 5.74) is 11.1. The molecule has 3 aliphatic heterocycles. The van der Waals surface area contributed by atoms with Gasteiger partial charge in [-0.25, -0.2) is 28.6 Å². The molecule has 0 bridgehead atoms. The normalized spacial score (nSPS) is 34.1. The van der Waals surface area contributed by atoms with E-state index in [1.165, 1.54) is 23.4 Å². The summed E-state index contributed by atoms with van der Waals surface area (Å²) in [4.78, 5) is 58.4. The third-order valence-electron chi connectivity index (χ3n) is 7.36. The number of hydrogen-bond acceptors (Lipinski definition) is 20. The number of amides is 1. The highest BCUT2D eigenvalue weighted by molar-refractivity contribution is 7.86. The molecule has 29 heteroatoms. The topological polar surface area (TPSA) is 364 Å². The van der Waals surface area contributed by atoms with Crippen LogP contribution in [-0.2, 0) is 45.8 Å². The van der Waals surface area contributed by atoms with Gasteiger partial charge in [0.25, 0.3) is 0 Å². The van der Waals surface area contributed by atoms with E-state index in [1.807, 2.05) is 0 Å². The Bertz CT molecular complexity index is 1850. The molecule has 278 valence electrons. The van der Waals surface area contributed by atoms with Crippen LogP contribution in [0.3, 0.4) is 0 Å². The zero-order valence-corrected chi connectivity index (χ0v) is 29.3. The molecule has 24 nitrogen and oxygen atoms in total. The predicted molar refractivity (Wildman–Crippen MR) is 169 cm³/mol. The summed E-state index contributed by atoms with van der Waals surface area (Å²) in [6.07, 6.45) is -3.62. The first kappa shape index (κ1) is 39.2. The first-order valence-corrected chi connectivity index (χ1v) is 19.1. The number of allylic oxidation sites excluding steroid dienone is 1. The average molecular weight is 810 g/mol. The van der Waals surface area contributed by atoms with E-state index in [2.05, 4.69) is 49.0 Å². The number of hydrogen-bond donors (Lipinski definition) is 11. The molecule has 1 amide bonds. The van der Waals surface area contributed by atoms with Gasteiger partial charge in [-0.2, -0.15) is 4.31 Å². The van der Waals surface area contributed by atoms with Crippen molar-refractivity contribution < 1.29 is 80.7 Å². The molecule has 0 aliphatic carbocycles. The summed E-state index contributed by atoms with van der Waals surface area (Å²) in [5.74, 6) is -0.847. The Kier molecular flexibility index (Phi) is 11.0. The molecule has 2 fully saturated rings. The van der Waals surface area contributed by atoms with Gasteiger partial charge >= 0.3 is 23.5 Å². The lowest BCUT2D eigenvalue weighted by Gasteiger charge is -2.35. The monoisotopic (exact) mass is 809 g/mol. The number of carbonyl (C=O) groups is 1. The maximum Gasteiger partial charge on any atom is 0.481 e. The molecule has 5 heterocycles.